The van der Waals surface area contributed by atoms with Gasteiger partial charge in [-0.1, -0.05) is 6.42 Å². The van der Waals surface area contributed by atoms with Crippen molar-refractivity contribution in [3.63, 3.8) is 0 Å². The van der Waals surface area contributed by atoms with Gasteiger partial charge in [-0.3, -0.25) is 0 Å². The lowest BCUT2D eigenvalue weighted by molar-refractivity contribution is 0.0697. The minimum absolute atomic E-state index is 0.302. The van der Waals surface area contributed by atoms with Gasteiger partial charge >= 0.3 is 5.97 Å². The van der Waals surface area contributed by atoms with Crippen LogP contribution in [0, 0.1) is 0 Å². The molecular weight excluding hydrogens is 204 g/mol. The van der Waals surface area contributed by atoms with E-state index in [4.69, 9.17) is 9.84 Å². The highest BCUT2D eigenvalue weighted by molar-refractivity contribution is 5.87. The molecule has 0 unspecified atom stereocenters. The molecule has 1 saturated carbocycles. The minimum atomic E-state index is -0.899. The summed E-state index contributed by atoms with van der Waals surface area (Å²) in [6.07, 6.45) is 6.30. The Kier molecular flexibility index (Phi) is 3.44. The summed E-state index contributed by atoms with van der Waals surface area (Å²) in [6.45, 7) is 0. The van der Waals surface area contributed by atoms with Gasteiger partial charge < -0.3 is 9.84 Å². The Labute approximate surface area is 95.0 Å². The summed E-state index contributed by atoms with van der Waals surface area (Å²) in [5.74, 6) is -0.124. The number of carboxylic acid groups (broad SMARTS) is 1. The molecule has 0 radical (unpaired) electrons. The molecule has 1 aliphatic carbocycles. The predicted octanol–water partition coefficient (Wildman–Crippen LogP) is 3.10. The fourth-order valence-electron chi connectivity index (χ4n) is 2.05. The lowest BCUT2D eigenvalue weighted by Crippen LogP contribution is -2.19. The Morgan fingerprint density at radius 1 is 1.12 bits per heavy atom. The Bertz CT molecular complexity index is 350. The Balaban J connectivity index is 1.96. The highest BCUT2D eigenvalue weighted by Crippen LogP contribution is 2.23. The normalized spacial score (nSPS) is 17.0. The van der Waals surface area contributed by atoms with Crippen molar-refractivity contribution < 1.29 is 14.6 Å². The van der Waals surface area contributed by atoms with E-state index < -0.39 is 5.97 Å². The molecule has 3 heteroatoms. The number of ether oxygens (including phenoxy) is 1. The average Bonchev–Trinajstić information content (AvgIpc) is 2.31. The van der Waals surface area contributed by atoms with Crippen LogP contribution in [0.3, 0.4) is 0 Å². The van der Waals surface area contributed by atoms with Gasteiger partial charge in [-0.25, -0.2) is 4.79 Å². The van der Waals surface area contributed by atoms with Crippen LogP contribution in [0.1, 0.15) is 42.5 Å². The SMILES string of the molecule is O=C(O)c1ccc(OC2CCCCC2)cc1. The molecule has 0 spiro atoms. The monoisotopic (exact) mass is 220 g/mol. The highest BCUT2D eigenvalue weighted by Gasteiger charge is 2.14. The van der Waals surface area contributed by atoms with Crippen LogP contribution in [-0.2, 0) is 0 Å². The van der Waals surface area contributed by atoms with Crippen molar-refractivity contribution in [2.24, 2.45) is 0 Å². The van der Waals surface area contributed by atoms with Gasteiger partial charge in [0.15, 0.2) is 0 Å². The standard InChI is InChI=1S/C13H16O3/c14-13(15)10-6-8-12(9-7-10)16-11-4-2-1-3-5-11/h6-9,11H,1-5H2,(H,14,15). The van der Waals surface area contributed by atoms with Gasteiger partial charge in [-0.05, 0) is 49.9 Å². The summed E-state index contributed by atoms with van der Waals surface area (Å²) in [6, 6.07) is 6.64. The van der Waals surface area contributed by atoms with Crippen molar-refractivity contribution in [1.82, 2.24) is 0 Å². The molecule has 1 aliphatic rings. The van der Waals surface area contributed by atoms with Gasteiger partial charge in [-0.2, -0.15) is 0 Å². The van der Waals surface area contributed by atoms with Gasteiger partial charge in [0.25, 0.3) is 0 Å². The van der Waals surface area contributed by atoms with E-state index >= 15 is 0 Å². The second-order valence-corrected chi connectivity index (χ2v) is 4.21. The predicted molar refractivity (Wildman–Crippen MR) is 60.9 cm³/mol. The summed E-state index contributed by atoms with van der Waals surface area (Å²) in [7, 11) is 0. The summed E-state index contributed by atoms with van der Waals surface area (Å²) in [5, 5.41) is 8.76. The third-order valence-electron chi connectivity index (χ3n) is 2.96. The molecule has 0 atom stereocenters. The summed E-state index contributed by atoms with van der Waals surface area (Å²) in [5.41, 5.74) is 0.302. The van der Waals surface area contributed by atoms with Crippen LogP contribution in [-0.4, -0.2) is 17.2 Å². The molecule has 0 heterocycles. The zero-order valence-corrected chi connectivity index (χ0v) is 9.19. The molecule has 0 amide bonds. The highest BCUT2D eigenvalue weighted by atomic mass is 16.5. The van der Waals surface area contributed by atoms with Crippen LogP contribution in [0.4, 0.5) is 0 Å². The lowest BCUT2D eigenvalue weighted by Gasteiger charge is -2.22. The molecule has 0 aromatic heterocycles. The van der Waals surface area contributed by atoms with Gasteiger partial charge in [0.05, 0.1) is 11.7 Å². The van der Waals surface area contributed by atoms with E-state index in [1.807, 2.05) is 0 Å². The van der Waals surface area contributed by atoms with Crippen molar-refractivity contribution in [2.45, 2.75) is 38.2 Å². The van der Waals surface area contributed by atoms with Crippen LogP contribution in [0.25, 0.3) is 0 Å². The summed E-state index contributed by atoms with van der Waals surface area (Å²) in [4.78, 5) is 10.7. The minimum Gasteiger partial charge on any atom is -0.490 e. The largest absolute Gasteiger partial charge is 0.490 e. The van der Waals surface area contributed by atoms with Crippen LogP contribution in [0.5, 0.6) is 5.75 Å². The number of rotatable bonds is 3. The maximum atomic E-state index is 10.7. The Hall–Kier alpha value is -1.51. The molecule has 1 N–H and O–H groups in total. The summed E-state index contributed by atoms with van der Waals surface area (Å²) < 4.78 is 5.80. The quantitative estimate of drug-likeness (QED) is 0.851. The third kappa shape index (κ3) is 2.75. The molecule has 0 aliphatic heterocycles. The van der Waals surface area contributed by atoms with Crippen LogP contribution in [0.15, 0.2) is 24.3 Å². The van der Waals surface area contributed by atoms with E-state index in [0.717, 1.165) is 18.6 Å². The Morgan fingerprint density at radius 3 is 2.31 bits per heavy atom. The molecule has 1 aromatic carbocycles. The number of aromatic carboxylic acids is 1. The van der Waals surface area contributed by atoms with Crippen LogP contribution in [0.2, 0.25) is 0 Å². The van der Waals surface area contributed by atoms with Crippen molar-refractivity contribution in [3.8, 4) is 5.75 Å². The molecule has 16 heavy (non-hydrogen) atoms. The van der Waals surface area contributed by atoms with E-state index in [9.17, 15) is 4.79 Å². The van der Waals surface area contributed by atoms with Crippen molar-refractivity contribution in [1.29, 1.82) is 0 Å². The smallest absolute Gasteiger partial charge is 0.335 e. The van der Waals surface area contributed by atoms with E-state index in [-0.39, 0.29) is 0 Å². The topological polar surface area (TPSA) is 46.5 Å². The van der Waals surface area contributed by atoms with Crippen molar-refractivity contribution >= 4 is 5.97 Å². The van der Waals surface area contributed by atoms with Gasteiger partial charge in [-0.15, -0.1) is 0 Å². The lowest BCUT2D eigenvalue weighted by atomic mass is 9.98. The first kappa shape index (κ1) is 11.0. The fraction of sp³-hybridized carbons (Fsp3) is 0.462. The van der Waals surface area contributed by atoms with E-state index in [2.05, 4.69) is 0 Å². The second-order valence-electron chi connectivity index (χ2n) is 4.21. The number of carboxylic acids is 1. The molecule has 0 bridgehead atoms. The molecule has 1 aromatic rings. The first-order valence-corrected chi connectivity index (χ1v) is 5.76. The fourth-order valence-corrected chi connectivity index (χ4v) is 2.05. The van der Waals surface area contributed by atoms with Crippen LogP contribution < -0.4 is 4.74 Å². The second kappa shape index (κ2) is 5.01. The zero-order chi connectivity index (χ0) is 11.4. The molecular formula is C13H16O3. The third-order valence-corrected chi connectivity index (χ3v) is 2.96. The molecule has 86 valence electrons. The first-order chi connectivity index (χ1) is 7.75. The molecule has 1 fully saturated rings. The Morgan fingerprint density at radius 2 is 1.75 bits per heavy atom. The number of hydrogen-bond acceptors (Lipinski definition) is 2. The van der Waals surface area contributed by atoms with E-state index in [1.54, 1.807) is 24.3 Å². The number of carbonyl (C=O) groups is 1. The number of hydrogen-bond donors (Lipinski definition) is 1. The van der Waals surface area contributed by atoms with Crippen molar-refractivity contribution in [2.75, 3.05) is 0 Å². The first-order valence-electron chi connectivity index (χ1n) is 5.76. The van der Waals surface area contributed by atoms with Crippen LogP contribution >= 0.6 is 0 Å². The maximum Gasteiger partial charge on any atom is 0.335 e. The van der Waals surface area contributed by atoms with Crippen molar-refractivity contribution in [3.05, 3.63) is 29.8 Å². The maximum absolute atomic E-state index is 10.7. The van der Waals surface area contributed by atoms with E-state index in [0.29, 0.717) is 11.7 Å². The van der Waals surface area contributed by atoms with E-state index in [1.165, 1.54) is 19.3 Å². The molecule has 3 nitrogen and oxygen atoms in total. The molecule has 0 saturated heterocycles. The van der Waals surface area contributed by atoms with Gasteiger partial charge in [0.2, 0.25) is 0 Å². The zero-order valence-electron chi connectivity index (χ0n) is 9.19. The molecule has 2 rings (SSSR count). The summed E-state index contributed by atoms with van der Waals surface area (Å²) >= 11 is 0. The van der Waals surface area contributed by atoms with Gasteiger partial charge in [0, 0.05) is 0 Å². The average molecular weight is 220 g/mol. The van der Waals surface area contributed by atoms with Gasteiger partial charge in [0.1, 0.15) is 5.75 Å². The number of benzene rings is 1.